The third-order valence-electron chi connectivity index (χ3n) is 1.56. The van der Waals surface area contributed by atoms with Crippen LogP contribution in [-0.2, 0) is 0 Å². The molecule has 0 fully saturated rings. The van der Waals surface area contributed by atoms with E-state index in [0.29, 0.717) is 6.04 Å². The van der Waals surface area contributed by atoms with Crippen molar-refractivity contribution >= 4 is 0 Å². The maximum atomic E-state index is 3.37. The minimum Gasteiger partial charge on any atom is -0.314 e. The summed E-state index contributed by atoms with van der Waals surface area (Å²) in [6.45, 7) is 6.63. The molecular formula is C8H20N2. The fourth-order valence-corrected chi connectivity index (χ4v) is 0.902. The lowest BCUT2D eigenvalue weighted by Crippen LogP contribution is -2.29. The van der Waals surface area contributed by atoms with Crippen LogP contribution in [0.5, 0.6) is 0 Å². The zero-order chi connectivity index (χ0) is 7.98. The standard InChI is InChI=1S/C8H20N2/c1-5-9-8(2)6-7-10(3)4/h8-9H,5-7H2,1-4H3. The Balaban J connectivity index is 3.12. The molecule has 0 aliphatic heterocycles. The van der Waals surface area contributed by atoms with Crippen LogP contribution in [0.2, 0.25) is 0 Å². The van der Waals surface area contributed by atoms with Crippen molar-refractivity contribution in [3.05, 3.63) is 0 Å². The second kappa shape index (κ2) is 5.69. The van der Waals surface area contributed by atoms with Crippen LogP contribution >= 0.6 is 0 Å². The molecule has 0 bridgehead atoms. The minimum atomic E-state index is 0.660. The summed E-state index contributed by atoms with van der Waals surface area (Å²) >= 11 is 0. The second-order valence-electron chi connectivity index (χ2n) is 3.05. The van der Waals surface area contributed by atoms with E-state index in [1.54, 1.807) is 0 Å². The summed E-state index contributed by atoms with van der Waals surface area (Å²) in [4.78, 5) is 2.22. The average Bonchev–Trinajstić information content (AvgIpc) is 1.85. The van der Waals surface area contributed by atoms with Crippen molar-refractivity contribution in [2.24, 2.45) is 0 Å². The number of hydrogen-bond donors (Lipinski definition) is 1. The Morgan fingerprint density at radius 3 is 2.40 bits per heavy atom. The van der Waals surface area contributed by atoms with Crippen molar-refractivity contribution in [1.29, 1.82) is 0 Å². The van der Waals surface area contributed by atoms with Crippen molar-refractivity contribution in [2.45, 2.75) is 26.3 Å². The van der Waals surface area contributed by atoms with Crippen LogP contribution in [0.15, 0.2) is 0 Å². The molecule has 0 saturated heterocycles. The predicted molar refractivity (Wildman–Crippen MR) is 46.3 cm³/mol. The lowest BCUT2D eigenvalue weighted by atomic mass is 10.2. The van der Waals surface area contributed by atoms with Crippen LogP contribution in [0.1, 0.15) is 20.3 Å². The Bertz CT molecular complexity index is 71.7. The molecule has 0 aromatic heterocycles. The Kier molecular flexibility index (Phi) is 5.64. The molecule has 0 spiro atoms. The highest BCUT2D eigenvalue weighted by Gasteiger charge is 1.98. The first kappa shape index (κ1) is 9.92. The van der Waals surface area contributed by atoms with E-state index >= 15 is 0 Å². The maximum Gasteiger partial charge on any atom is 0.00507 e. The van der Waals surface area contributed by atoms with Gasteiger partial charge in [0, 0.05) is 6.04 Å². The average molecular weight is 144 g/mol. The Hall–Kier alpha value is -0.0800. The third-order valence-corrected chi connectivity index (χ3v) is 1.56. The van der Waals surface area contributed by atoms with Crippen LogP contribution < -0.4 is 5.32 Å². The van der Waals surface area contributed by atoms with E-state index in [2.05, 4.69) is 38.2 Å². The molecule has 0 heterocycles. The molecule has 0 aromatic rings. The number of hydrogen-bond acceptors (Lipinski definition) is 2. The highest BCUT2D eigenvalue weighted by atomic mass is 15.1. The largest absolute Gasteiger partial charge is 0.314 e. The zero-order valence-electron chi connectivity index (χ0n) is 7.65. The lowest BCUT2D eigenvalue weighted by molar-refractivity contribution is 0.368. The predicted octanol–water partition coefficient (Wildman–Crippen LogP) is 0.936. The second-order valence-corrected chi connectivity index (χ2v) is 3.05. The molecule has 0 radical (unpaired) electrons. The van der Waals surface area contributed by atoms with Crippen molar-refractivity contribution in [3.63, 3.8) is 0 Å². The molecule has 0 saturated carbocycles. The van der Waals surface area contributed by atoms with Crippen molar-refractivity contribution in [3.8, 4) is 0 Å². The summed E-state index contributed by atoms with van der Waals surface area (Å²) in [6.07, 6.45) is 1.24. The van der Waals surface area contributed by atoms with Gasteiger partial charge in [-0.15, -0.1) is 0 Å². The van der Waals surface area contributed by atoms with Gasteiger partial charge in [0.2, 0.25) is 0 Å². The van der Waals surface area contributed by atoms with Gasteiger partial charge in [-0.2, -0.15) is 0 Å². The lowest BCUT2D eigenvalue weighted by Gasteiger charge is -2.15. The molecule has 0 aromatic carbocycles. The van der Waals surface area contributed by atoms with E-state index in [-0.39, 0.29) is 0 Å². The van der Waals surface area contributed by atoms with Gasteiger partial charge in [-0.3, -0.25) is 0 Å². The fourth-order valence-electron chi connectivity index (χ4n) is 0.902. The van der Waals surface area contributed by atoms with E-state index in [0.717, 1.165) is 6.54 Å². The van der Waals surface area contributed by atoms with Crippen LogP contribution in [0.3, 0.4) is 0 Å². The van der Waals surface area contributed by atoms with E-state index < -0.39 is 0 Å². The van der Waals surface area contributed by atoms with Gasteiger partial charge in [0.15, 0.2) is 0 Å². The molecular weight excluding hydrogens is 124 g/mol. The van der Waals surface area contributed by atoms with Gasteiger partial charge in [-0.05, 0) is 40.5 Å². The van der Waals surface area contributed by atoms with Gasteiger partial charge in [-0.25, -0.2) is 0 Å². The molecule has 0 aliphatic rings. The minimum absolute atomic E-state index is 0.660. The van der Waals surface area contributed by atoms with Gasteiger partial charge >= 0.3 is 0 Å². The first-order chi connectivity index (χ1) is 4.66. The molecule has 0 rings (SSSR count). The van der Waals surface area contributed by atoms with E-state index in [9.17, 15) is 0 Å². The van der Waals surface area contributed by atoms with Crippen molar-refractivity contribution < 1.29 is 0 Å². The Morgan fingerprint density at radius 2 is 2.00 bits per heavy atom. The normalized spacial score (nSPS) is 14.1. The summed E-state index contributed by atoms with van der Waals surface area (Å²) in [7, 11) is 4.22. The van der Waals surface area contributed by atoms with Gasteiger partial charge in [-0.1, -0.05) is 6.92 Å². The molecule has 1 atom stereocenters. The molecule has 2 nitrogen and oxygen atoms in total. The topological polar surface area (TPSA) is 15.3 Å². The van der Waals surface area contributed by atoms with Gasteiger partial charge in [0.1, 0.15) is 0 Å². The van der Waals surface area contributed by atoms with Gasteiger partial charge in [0.05, 0.1) is 0 Å². The highest BCUT2D eigenvalue weighted by Crippen LogP contribution is 1.90. The molecule has 1 N–H and O–H groups in total. The van der Waals surface area contributed by atoms with Gasteiger partial charge < -0.3 is 10.2 Å². The summed E-state index contributed by atoms with van der Waals surface area (Å²) in [5, 5.41) is 3.37. The number of rotatable bonds is 5. The molecule has 0 amide bonds. The Labute approximate surface area is 64.6 Å². The molecule has 1 unspecified atom stereocenters. The van der Waals surface area contributed by atoms with Crippen LogP contribution in [0.25, 0.3) is 0 Å². The SMILES string of the molecule is CCNC(C)CCN(C)C. The van der Waals surface area contributed by atoms with Crippen LogP contribution in [0.4, 0.5) is 0 Å². The van der Waals surface area contributed by atoms with Crippen LogP contribution in [0, 0.1) is 0 Å². The summed E-state index contributed by atoms with van der Waals surface area (Å²) in [5.74, 6) is 0. The van der Waals surface area contributed by atoms with Gasteiger partial charge in [0.25, 0.3) is 0 Å². The number of nitrogens with one attached hydrogen (secondary N) is 1. The first-order valence-electron chi connectivity index (χ1n) is 4.05. The summed E-state index contributed by atoms with van der Waals surface area (Å²) < 4.78 is 0. The maximum absolute atomic E-state index is 3.37. The fraction of sp³-hybridized carbons (Fsp3) is 1.00. The number of nitrogens with zero attached hydrogens (tertiary/aromatic N) is 1. The van der Waals surface area contributed by atoms with Crippen molar-refractivity contribution in [2.75, 3.05) is 27.2 Å². The van der Waals surface area contributed by atoms with E-state index in [1.807, 2.05) is 0 Å². The quantitative estimate of drug-likeness (QED) is 0.617. The summed E-state index contributed by atoms with van der Waals surface area (Å²) in [5.41, 5.74) is 0. The Morgan fingerprint density at radius 1 is 1.40 bits per heavy atom. The smallest absolute Gasteiger partial charge is 0.00507 e. The monoisotopic (exact) mass is 144 g/mol. The summed E-state index contributed by atoms with van der Waals surface area (Å²) in [6, 6.07) is 0.660. The zero-order valence-corrected chi connectivity index (χ0v) is 7.65. The molecule has 2 heteroatoms. The van der Waals surface area contributed by atoms with E-state index in [4.69, 9.17) is 0 Å². The van der Waals surface area contributed by atoms with Crippen LogP contribution in [-0.4, -0.2) is 38.1 Å². The molecule has 10 heavy (non-hydrogen) atoms. The van der Waals surface area contributed by atoms with E-state index in [1.165, 1.54) is 13.0 Å². The molecule has 0 aliphatic carbocycles. The molecule has 62 valence electrons. The first-order valence-corrected chi connectivity index (χ1v) is 4.05. The van der Waals surface area contributed by atoms with Crippen molar-refractivity contribution in [1.82, 2.24) is 10.2 Å². The highest BCUT2D eigenvalue weighted by molar-refractivity contribution is 4.59. The third kappa shape index (κ3) is 6.05.